The van der Waals surface area contributed by atoms with Gasteiger partial charge in [0.25, 0.3) is 16.7 Å². The number of aromatic nitrogens is 12. The van der Waals surface area contributed by atoms with Gasteiger partial charge in [0.15, 0.2) is 33.5 Å². The van der Waals surface area contributed by atoms with Crippen LogP contribution in [0.15, 0.2) is 111 Å². The number of nitrogen functional groups attached to an aromatic ring is 3. The Morgan fingerprint density at radius 3 is 1.16 bits per heavy atom. The number of nitrogens with zero attached hydrogens (tertiary/aromatic N) is 9. The van der Waals surface area contributed by atoms with Crippen LogP contribution in [0, 0.1) is 28.1 Å². The molecule has 3 saturated carbocycles. The van der Waals surface area contributed by atoms with E-state index in [9.17, 15) is 38.2 Å². The molecule has 0 amide bonds. The zero-order valence-corrected chi connectivity index (χ0v) is 57.8. The molecule has 9 atom stereocenters. The number of ether oxygens (including phenoxy) is 2. The highest BCUT2D eigenvalue weighted by molar-refractivity contribution is 7.54. The number of esters is 2. The van der Waals surface area contributed by atoms with Crippen LogP contribution in [0.1, 0.15) is 127 Å². The smallest absolute Gasteiger partial charge is 0.380 e. The molecule has 0 bridgehead atoms. The maximum atomic E-state index is 14.0. The molecule has 2 aromatic carbocycles. The van der Waals surface area contributed by atoms with Crippen molar-refractivity contribution in [3.63, 3.8) is 0 Å². The van der Waals surface area contributed by atoms with Crippen molar-refractivity contribution in [3.8, 4) is 11.5 Å². The lowest BCUT2D eigenvalue weighted by Gasteiger charge is -2.24. The topological polar surface area (TPSA) is 413 Å². The maximum absolute atomic E-state index is 14.0. The number of carbonyl (C=O) groups excluding carboxylic acids is 2. The van der Waals surface area contributed by atoms with Gasteiger partial charge in [-0.15, -0.1) is 0 Å². The summed E-state index contributed by atoms with van der Waals surface area (Å²) in [4.78, 5) is 93.4. The molecule has 0 spiro atoms. The standard InChI is InChI=1S/2C27H36N5O6P.C12H15N5O2/c2*1-5-10-19(4)37-25(34)18(3)15-39(35,38-21-11-8-7-9-12-21)36-16-27(6-2)13-20(27)14-32-17-29-22-23(32)30-26(28)31-24(22)33;1-2-12(5-18)3-7(12)4-17-6-14-8-9(17)15-11(13)16-10(8)19/h2*7-9,11-12,14,17-19H,5-6,10,13,15-16H2,1-4H3,(H3,28,30,31,33);4,6,18H,2-3,5H2,1H3,(H3,13,15,16,19)/b2*20-14-;7-4-/t18-,19+,27+,39+;18-,19+,27-,39+;/m11./s1. The predicted octanol–water partition coefficient (Wildman–Crippen LogP) is 10.3. The Hall–Kier alpha value is -9.01. The van der Waals surface area contributed by atoms with E-state index >= 15 is 0 Å². The van der Waals surface area contributed by atoms with Crippen LogP contribution in [0.2, 0.25) is 0 Å². The molecule has 8 aromatic rings. The molecular weight excluding hydrogens is 1290 g/mol. The highest BCUT2D eigenvalue weighted by Crippen LogP contribution is 2.61. The van der Waals surface area contributed by atoms with E-state index in [-0.39, 0.29) is 101 Å². The Kier molecular flexibility index (Phi) is 22.8. The van der Waals surface area contributed by atoms with Crippen molar-refractivity contribution >= 4 is 97.1 Å². The van der Waals surface area contributed by atoms with Crippen LogP contribution in [0.5, 0.6) is 11.5 Å². The summed E-state index contributed by atoms with van der Waals surface area (Å²) in [5.74, 6) is -1.35. The van der Waals surface area contributed by atoms with Crippen molar-refractivity contribution in [2.45, 2.75) is 139 Å². The van der Waals surface area contributed by atoms with Crippen molar-refractivity contribution in [2.24, 2.45) is 28.1 Å². The SMILES string of the molecule is CCC1(CO)C/C1=C/n1cnc2c(=O)[nH]c(N)nc21.CCC[C@H](C)OC(=O)[C@H](C)C[P@](=O)(OC[C@@]1(CC)C/C1=C/n1cnc2c(=O)[nH]c(N)nc21)Oc1ccccc1.CCC[C@H](C)OC(=O)[C@H](C)C[P@](=O)(OC[C@]1(CC)C/C1=C/n1cnc2c(=O)[nH]c(N)nc21)Oc1ccccc1. The normalized spacial score (nSPS) is 21.5. The van der Waals surface area contributed by atoms with Gasteiger partial charge in [-0.3, -0.25) is 61.7 Å². The number of nitrogens with one attached hydrogen (secondary N) is 3. The molecule has 3 aliphatic carbocycles. The number of carbonyl (C=O) groups is 2. The van der Waals surface area contributed by atoms with Crippen LogP contribution in [0.25, 0.3) is 52.1 Å². The van der Waals surface area contributed by atoms with Gasteiger partial charge in [-0.1, -0.05) is 97.7 Å². The molecule has 29 nitrogen and oxygen atoms in total. The van der Waals surface area contributed by atoms with Crippen molar-refractivity contribution in [3.05, 3.63) is 127 Å². The fourth-order valence-electron chi connectivity index (χ4n) is 11.3. The van der Waals surface area contributed by atoms with Gasteiger partial charge in [-0.05, 0) is 106 Å². The van der Waals surface area contributed by atoms with Crippen molar-refractivity contribution in [2.75, 3.05) is 49.3 Å². The molecule has 3 aliphatic rings. The van der Waals surface area contributed by atoms with Crippen LogP contribution in [0.3, 0.4) is 0 Å². The third-order valence-corrected chi connectivity index (χ3v) is 21.7. The lowest BCUT2D eigenvalue weighted by atomic mass is 10.0. The number of anilines is 3. The van der Waals surface area contributed by atoms with Crippen LogP contribution in [-0.4, -0.2) is 120 Å². The molecule has 10 N–H and O–H groups in total. The minimum atomic E-state index is -3.75. The molecule has 3 fully saturated rings. The Bertz CT molecular complexity index is 4280. The summed E-state index contributed by atoms with van der Waals surface area (Å²) in [6, 6.07) is 17.6. The number of hydrogen-bond donors (Lipinski definition) is 7. The van der Waals surface area contributed by atoms with E-state index in [0.29, 0.717) is 41.3 Å². The van der Waals surface area contributed by atoms with Crippen LogP contribution in [0.4, 0.5) is 17.8 Å². The molecule has 11 rings (SSSR count). The van der Waals surface area contributed by atoms with Crippen molar-refractivity contribution < 1.29 is 51.4 Å². The molecule has 31 heteroatoms. The predicted molar refractivity (Wildman–Crippen MR) is 370 cm³/mol. The largest absolute Gasteiger partial charge is 0.462 e. The van der Waals surface area contributed by atoms with Crippen molar-refractivity contribution in [1.29, 1.82) is 0 Å². The zero-order valence-electron chi connectivity index (χ0n) is 56.1. The first kappa shape index (κ1) is 72.3. The number of aliphatic hydroxyl groups excluding tert-OH is 1. The highest BCUT2D eigenvalue weighted by atomic mass is 31.2. The van der Waals surface area contributed by atoms with Gasteiger partial charge < -0.3 is 40.8 Å². The number of imidazole rings is 3. The number of para-hydroxylation sites is 2. The highest BCUT2D eigenvalue weighted by Gasteiger charge is 2.51. The van der Waals surface area contributed by atoms with Gasteiger partial charge in [-0.2, -0.15) is 15.0 Å². The average Bonchev–Trinajstić information content (AvgIpc) is 1.61. The quantitative estimate of drug-likeness (QED) is 0.0169. The van der Waals surface area contributed by atoms with E-state index in [2.05, 4.69) is 44.9 Å². The third-order valence-electron chi connectivity index (χ3n) is 17.7. The number of hydrogen-bond acceptors (Lipinski definition) is 23. The van der Waals surface area contributed by atoms with Gasteiger partial charge >= 0.3 is 27.1 Å². The monoisotopic (exact) mass is 1380 g/mol. The van der Waals surface area contributed by atoms with E-state index in [1.54, 1.807) is 76.1 Å². The van der Waals surface area contributed by atoms with E-state index in [1.165, 1.54) is 19.0 Å². The minimum Gasteiger partial charge on any atom is -0.462 e. The summed E-state index contributed by atoms with van der Waals surface area (Å²) >= 11 is 0. The number of benzene rings is 2. The molecule has 520 valence electrons. The molecule has 0 saturated heterocycles. The van der Waals surface area contributed by atoms with Gasteiger partial charge in [-0.25, -0.2) is 24.1 Å². The molecule has 97 heavy (non-hydrogen) atoms. The Morgan fingerprint density at radius 1 is 0.546 bits per heavy atom. The van der Waals surface area contributed by atoms with Crippen LogP contribution >= 0.6 is 15.2 Å². The Labute approximate surface area is 559 Å². The second kappa shape index (κ2) is 30.6. The van der Waals surface area contributed by atoms with Gasteiger partial charge in [0.05, 0.1) is 56.2 Å². The summed E-state index contributed by atoms with van der Waals surface area (Å²) in [6.07, 6.45) is 17.3. The fraction of sp³-hybridized carbons (Fsp3) is 0.470. The maximum Gasteiger partial charge on any atom is 0.380 e. The number of H-pyrrole nitrogens is 3. The van der Waals surface area contributed by atoms with E-state index in [0.717, 1.165) is 68.1 Å². The molecule has 6 aromatic heterocycles. The van der Waals surface area contributed by atoms with Gasteiger partial charge in [0, 0.05) is 34.8 Å². The van der Waals surface area contributed by atoms with Crippen LogP contribution in [-0.2, 0) is 37.2 Å². The van der Waals surface area contributed by atoms with Gasteiger partial charge in [0.1, 0.15) is 30.5 Å². The first-order chi connectivity index (χ1) is 46.2. The molecule has 0 radical (unpaired) electrons. The summed E-state index contributed by atoms with van der Waals surface area (Å²) < 4.78 is 68.0. The average molecular weight is 1380 g/mol. The third kappa shape index (κ3) is 17.6. The minimum absolute atomic E-state index is 0.00395. The van der Waals surface area contributed by atoms with Gasteiger partial charge in [0.2, 0.25) is 17.8 Å². The first-order valence-corrected chi connectivity index (χ1v) is 36.0. The summed E-state index contributed by atoms with van der Waals surface area (Å²) in [7, 11) is -7.50. The Balaban J connectivity index is 0.000000180. The lowest BCUT2D eigenvalue weighted by molar-refractivity contribution is -0.153. The Morgan fingerprint density at radius 2 is 0.866 bits per heavy atom. The first-order valence-electron chi connectivity index (χ1n) is 32.5. The van der Waals surface area contributed by atoms with Crippen molar-refractivity contribution in [1.82, 2.24) is 58.6 Å². The molecular formula is C66H87N15O14P2. The number of aliphatic hydroxyl groups is 1. The van der Waals surface area contributed by atoms with E-state index in [4.69, 9.17) is 44.8 Å². The molecule has 0 aliphatic heterocycles. The lowest BCUT2D eigenvalue weighted by Crippen LogP contribution is -2.25. The summed E-state index contributed by atoms with van der Waals surface area (Å²) in [5.41, 5.74) is 19.9. The van der Waals surface area contributed by atoms with E-state index < -0.39 is 50.1 Å². The molecule has 6 heterocycles. The number of fused-ring (bicyclic) bond motifs is 3. The second-order valence-corrected chi connectivity index (χ2v) is 29.3. The van der Waals surface area contributed by atoms with E-state index in [1.807, 2.05) is 79.2 Å². The number of aromatic amines is 3. The second-order valence-electron chi connectivity index (χ2n) is 25.2. The van der Waals surface area contributed by atoms with Crippen LogP contribution < -0.4 is 42.9 Å². The summed E-state index contributed by atoms with van der Waals surface area (Å²) in [6.45, 7) is 17.6. The summed E-state index contributed by atoms with van der Waals surface area (Å²) in [5, 5.41) is 9.40. The number of rotatable bonds is 29. The number of nitrogens with two attached hydrogens (primary N) is 3. The molecule has 1 unspecified atom stereocenters. The zero-order chi connectivity index (χ0) is 70.0. The fourth-order valence-corrected chi connectivity index (χ4v) is 15.2.